The van der Waals surface area contributed by atoms with Gasteiger partial charge >= 0.3 is 12.1 Å². The van der Waals surface area contributed by atoms with E-state index in [9.17, 15) is 9.59 Å². The zero-order valence-electron chi connectivity index (χ0n) is 17.7. The lowest BCUT2D eigenvalue weighted by atomic mass is 9.98. The lowest BCUT2D eigenvalue weighted by Gasteiger charge is -2.23. The van der Waals surface area contributed by atoms with Crippen LogP contribution in [0.25, 0.3) is 11.1 Å². The van der Waals surface area contributed by atoms with E-state index in [2.05, 4.69) is 29.6 Å². The molecule has 2 N–H and O–H groups in total. The third kappa shape index (κ3) is 5.19. The van der Waals surface area contributed by atoms with E-state index in [1.807, 2.05) is 24.3 Å². The molecule has 6 heteroatoms. The maximum absolute atomic E-state index is 12.8. The highest BCUT2D eigenvalue weighted by Crippen LogP contribution is 2.44. The Morgan fingerprint density at radius 1 is 1.03 bits per heavy atom. The summed E-state index contributed by atoms with van der Waals surface area (Å²) in [6, 6.07) is 15.3. The number of fused-ring (bicyclic) bond motifs is 3. The Hall–Kier alpha value is -2.86. The van der Waals surface area contributed by atoms with Gasteiger partial charge in [-0.25, -0.2) is 9.59 Å². The van der Waals surface area contributed by atoms with Crippen LogP contribution in [0.15, 0.2) is 48.5 Å². The van der Waals surface area contributed by atoms with E-state index >= 15 is 0 Å². The fraction of sp³-hybridized carbons (Fsp3) is 0.417. The zero-order valence-corrected chi connectivity index (χ0v) is 17.7. The van der Waals surface area contributed by atoms with Gasteiger partial charge in [-0.15, -0.1) is 0 Å². The topological polar surface area (TPSA) is 84.9 Å². The highest BCUT2D eigenvalue weighted by molar-refractivity contribution is 5.82. The van der Waals surface area contributed by atoms with Gasteiger partial charge in [0.2, 0.25) is 0 Å². The minimum atomic E-state index is -0.876. The molecule has 1 amide bonds. The van der Waals surface area contributed by atoms with Gasteiger partial charge in [0.1, 0.15) is 18.2 Å². The maximum atomic E-state index is 12.8. The summed E-state index contributed by atoms with van der Waals surface area (Å²) < 4.78 is 10.9. The zero-order chi connectivity index (χ0) is 21.7. The molecule has 160 valence electrons. The second kappa shape index (κ2) is 9.30. The molecule has 2 aromatic carbocycles. The third-order valence-corrected chi connectivity index (χ3v) is 4.98. The second-order valence-electron chi connectivity index (χ2n) is 8.42. The Balaban J connectivity index is 1.70. The summed E-state index contributed by atoms with van der Waals surface area (Å²) in [5.41, 5.74) is 3.88. The minimum absolute atomic E-state index is 0.0543. The average Bonchev–Trinajstić information content (AvgIpc) is 3.02. The fourth-order valence-electron chi connectivity index (χ4n) is 3.70. The molecule has 3 rings (SSSR count). The summed E-state index contributed by atoms with van der Waals surface area (Å²) in [6.07, 6.45) is -0.0455. The molecule has 1 aliphatic rings. The van der Waals surface area contributed by atoms with Gasteiger partial charge in [-0.3, -0.25) is 0 Å². The number of aliphatic hydroxyl groups excluding tert-OH is 1. The number of nitrogens with one attached hydrogen (secondary N) is 1. The number of amides is 1. The van der Waals surface area contributed by atoms with Gasteiger partial charge in [0.05, 0.1) is 0 Å². The highest BCUT2D eigenvalue weighted by atomic mass is 16.6. The summed E-state index contributed by atoms with van der Waals surface area (Å²) >= 11 is 0. The number of ether oxygens (including phenoxy) is 2. The maximum Gasteiger partial charge on any atom is 0.408 e. The van der Waals surface area contributed by atoms with E-state index in [1.54, 1.807) is 20.8 Å². The van der Waals surface area contributed by atoms with Crippen molar-refractivity contribution in [1.29, 1.82) is 0 Å². The highest BCUT2D eigenvalue weighted by Gasteiger charge is 2.31. The van der Waals surface area contributed by atoms with E-state index in [4.69, 9.17) is 14.6 Å². The van der Waals surface area contributed by atoms with E-state index in [0.29, 0.717) is 6.42 Å². The molecule has 0 saturated heterocycles. The lowest BCUT2D eigenvalue weighted by molar-refractivity contribution is -0.146. The van der Waals surface area contributed by atoms with Crippen LogP contribution < -0.4 is 5.32 Å². The first-order chi connectivity index (χ1) is 14.3. The molecule has 0 spiro atoms. The van der Waals surface area contributed by atoms with Crippen LogP contribution in [-0.2, 0) is 14.3 Å². The fourth-order valence-corrected chi connectivity index (χ4v) is 3.70. The van der Waals surface area contributed by atoms with Gasteiger partial charge in [0.25, 0.3) is 0 Å². The normalized spacial score (nSPS) is 13.9. The van der Waals surface area contributed by atoms with Gasteiger partial charge in [-0.05, 0) is 55.9 Å². The Kier molecular flexibility index (Phi) is 6.77. The van der Waals surface area contributed by atoms with Crippen molar-refractivity contribution in [2.24, 2.45) is 0 Å². The number of hydrogen-bond donors (Lipinski definition) is 2. The van der Waals surface area contributed by atoms with Crippen LogP contribution in [-0.4, -0.2) is 42.0 Å². The van der Waals surface area contributed by atoms with Crippen LogP contribution >= 0.6 is 0 Å². The molecular formula is C24H29NO5. The first-order valence-electron chi connectivity index (χ1n) is 10.3. The molecule has 0 aromatic heterocycles. The first-order valence-corrected chi connectivity index (χ1v) is 10.3. The van der Waals surface area contributed by atoms with E-state index in [-0.39, 0.29) is 25.6 Å². The molecular weight excluding hydrogens is 382 g/mol. The minimum Gasteiger partial charge on any atom is -0.463 e. The monoisotopic (exact) mass is 411 g/mol. The van der Waals surface area contributed by atoms with Crippen molar-refractivity contribution < 1.29 is 24.2 Å². The summed E-state index contributed by atoms with van der Waals surface area (Å²) in [5, 5.41) is 11.7. The summed E-state index contributed by atoms with van der Waals surface area (Å²) in [6.45, 7) is 5.36. The first kappa shape index (κ1) is 21.8. The predicted octanol–water partition coefficient (Wildman–Crippen LogP) is 4.01. The van der Waals surface area contributed by atoms with Crippen molar-refractivity contribution in [3.05, 3.63) is 59.7 Å². The van der Waals surface area contributed by atoms with Crippen molar-refractivity contribution in [2.75, 3.05) is 13.2 Å². The molecule has 30 heavy (non-hydrogen) atoms. The average molecular weight is 411 g/mol. The van der Waals surface area contributed by atoms with Crippen molar-refractivity contribution in [1.82, 2.24) is 5.32 Å². The van der Waals surface area contributed by atoms with Gasteiger partial charge in [0.15, 0.2) is 0 Å². The number of carbonyl (C=O) groups is 2. The molecule has 2 aromatic rings. The van der Waals surface area contributed by atoms with Gasteiger partial charge in [0, 0.05) is 12.5 Å². The molecule has 0 heterocycles. The van der Waals surface area contributed by atoms with Crippen LogP contribution in [0.2, 0.25) is 0 Å². The van der Waals surface area contributed by atoms with Gasteiger partial charge in [-0.1, -0.05) is 48.5 Å². The largest absolute Gasteiger partial charge is 0.463 e. The third-order valence-electron chi connectivity index (χ3n) is 4.98. The Morgan fingerprint density at radius 3 is 2.13 bits per heavy atom. The summed E-state index contributed by atoms with van der Waals surface area (Å²) in [4.78, 5) is 24.9. The van der Waals surface area contributed by atoms with Crippen molar-refractivity contribution in [3.8, 4) is 11.1 Å². The number of benzene rings is 2. The lowest BCUT2D eigenvalue weighted by Crippen LogP contribution is -2.44. The molecule has 6 nitrogen and oxygen atoms in total. The van der Waals surface area contributed by atoms with Crippen LogP contribution in [0.1, 0.15) is 50.7 Å². The van der Waals surface area contributed by atoms with E-state index in [0.717, 1.165) is 22.3 Å². The molecule has 0 radical (unpaired) electrons. The number of esters is 1. The van der Waals surface area contributed by atoms with Crippen LogP contribution in [0.4, 0.5) is 4.79 Å². The number of rotatable bonds is 7. The number of carbonyl (C=O) groups excluding carboxylic acids is 2. The molecule has 0 unspecified atom stereocenters. The molecule has 1 aliphatic carbocycles. The van der Waals surface area contributed by atoms with Gasteiger partial charge < -0.3 is 19.9 Å². The summed E-state index contributed by atoms with van der Waals surface area (Å²) in [5.74, 6) is -0.586. The van der Waals surface area contributed by atoms with Crippen molar-refractivity contribution >= 4 is 12.1 Å². The molecule has 0 saturated carbocycles. The Labute approximate surface area is 177 Å². The molecule has 0 aliphatic heterocycles. The molecule has 1 atom stereocenters. The van der Waals surface area contributed by atoms with Crippen molar-refractivity contribution in [2.45, 2.75) is 51.2 Å². The quantitative estimate of drug-likeness (QED) is 0.673. The van der Waals surface area contributed by atoms with Crippen LogP contribution in [0.5, 0.6) is 0 Å². The van der Waals surface area contributed by atoms with E-state index in [1.165, 1.54) is 0 Å². The van der Waals surface area contributed by atoms with Crippen molar-refractivity contribution in [3.63, 3.8) is 0 Å². The molecule has 0 bridgehead atoms. The smallest absolute Gasteiger partial charge is 0.408 e. The van der Waals surface area contributed by atoms with Crippen LogP contribution in [0.3, 0.4) is 0 Å². The number of aliphatic hydroxyl groups is 1. The predicted molar refractivity (Wildman–Crippen MR) is 114 cm³/mol. The van der Waals surface area contributed by atoms with Gasteiger partial charge in [-0.2, -0.15) is 0 Å². The Morgan fingerprint density at radius 2 is 1.60 bits per heavy atom. The van der Waals surface area contributed by atoms with Crippen LogP contribution in [0, 0.1) is 0 Å². The SMILES string of the molecule is CC(C)(C)OC(=O)N[C@@H](CCCO)C(=O)OCC1c2ccccc2-c2ccccc21. The standard InChI is InChI=1S/C24H29NO5/c1-24(2,3)30-23(28)25-21(13-8-14-26)22(27)29-15-20-18-11-6-4-9-16(18)17-10-5-7-12-19(17)20/h4-7,9-12,20-21,26H,8,13-15H2,1-3H3,(H,25,28)/t21-/m0/s1. The molecule has 0 fully saturated rings. The second-order valence-corrected chi connectivity index (χ2v) is 8.42. The number of alkyl carbamates (subject to hydrolysis) is 1. The summed E-state index contributed by atoms with van der Waals surface area (Å²) in [7, 11) is 0. The Bertz CT molecular complexity index is 857. The van der Waals surface area contributed by atoms with E-state index < -0.39 is 23.7 Å². The number of hydrogen-bond acceptors (Lipinski definition) is 5.